The van der Waals surface area contributed by atoms with Crippen molar-refractivity contribution >= 4 is 17.3 Å². The van der Waals surface area contributed by atoms with E-state index >= 15 is 0 Å². The van der Waals surface area contributed by atoms with Crippen LogP contribution in [0.3, 0.4) is 0 Å². The highest BCUT2D eigenvalue weighted by Gasteiger charge is 2.14. The van der Waals surface area contributed by atoms with Crippen LogP contribution in [-0.4, -0.2) is 10.5 Å². The predicted octanol–water partition coefficient (Wildman–Crippen LogP) is 2.97. The monoisotopic (exact) mass is 282 g/mol. The Morgan fingerprint density at radius 2 is 2.05 bits per heavy atom. The Kier molecular flexibility index (Phi) is 4.29. The van der Waals surface area contributed by atoms with Gasteiger partial charge in [-0.2, -0.15) is 5.26 Å². The lowest BCUT2D eigenvalue weighted by Gasteiger charge is -2.12. The SMILES string of the molecule is CC(C)n1cc(N)cc1C(=O)Nc1ccc(CC#N)cc1. The molecule has 0 spiro atoms. The van der Waals surface area contributed by atoms with Crippen molar-refractivity contribution in [3.8, 4) is 6.07 Å². The third-order valence-electron chi connectivity index (χ3n) is 3.15. The minimum atomic E-state index is -0.201. The first-order valence-electron chi connectivity index (χ1n) is 6.76. The molecule has 2 aromatic rings. The molecule has 5 nitrogen and oxygen atoms in total. The number of hydrogen-bond donors (Lipinski definition) is 2. The van der Waals surface area contributed by atoms with Gasteiger partial charge in [-0.05, 0) is 37.6 Å². The van der Waals surface area contributed by atoms with Gasteiger partial charge < -0.3 is 15.6 Å². The Morgan fingerprint density at radius 1 is 1.38 bits per heavy atom. The zero-order valence-corrected chi connectivity index (χ0v) is 12.1. The normalized spacial score (nSPS) is 10.4. The molecule has 0 fully saturated rings. The standard InChI is InChI=1S/C16H18N4O/c1-11(2)20-10-13(18)9-15(20)16(21)19-14-5-3-12(4-6-14)7-8-17/h3-6,9-11H,7,18H2,1-2H3,(H,19,21). The molecule has 0 unspecified atom stereocenters. The van der Waals surface area contributed by atoms with Crippen molar-refractivity contribution in [1.29, 1.82) is 5.26 Å². The van der Waals surface area contributed by atoms with E-state index in [2.05, 4.69) is 11.4 Å². The van der Waals surface area contributed by atoms with Gasteiger partial charge in [-0.3, -0.25) is 4.79 Å². The topological polar surface area (TPSA) is 83.8 Å². The number of nitrogens with two attached hydrogens (primary N) is 1. The number of rotatable bonds is 4. The van der Waals surface area contributed by atoms with Crippen LogP contribution in [0.4, 0.5) is 11.4 Å². The fourth-order valence-electron chi connectivity index (χ4n) is 2.10. The van der Waals surface area contributed by atoms with Gasteiger partial charge in [0.15, 0.2) is 0 Å². The molecule has 0 saturated heterocycles. The number of nitrogens with zero attached hydrogens (tertiary/aromatic N) is 2. The van der Waals surface area contributed by atoms with Gasteiger partial charge in [0.1, 0.15) is 5.69 Å². The van der Waals surface area contributed by atoms with Gasteiger partial charge in [0, 0.05) is 17.9 Å². The number of carbonyl (C=O) groups is 1. The maximum Gasteiger partial charge on any atom is 0.272 e. The maximum absolute atomic E-state index is 12.3. The molecule has 0 atom stereocenters. The van der Waals surface area contributed by atoms with E-state index in [9.17, 15) is 4.79 Å². The zero-order valence-electron chi connectivity index (χ0n) is 12.1. The molecule has 0 bridgehead atoms. The van der Waals surface area contributed by atoms with Crippen LogP contribution in [-0.2, 0) is 6.42 Å². The highest BCUT2D eigenvalue weighted by atomic mass is 16.1. The van der Waals surface area contributed by atoms with Gasteiger partial charge in [-0.25, -0.2) is 0 Å². The van der Waals surface area contributed by atoms with Gasteiger partial charge in [0.25, 0.3) is 5.91 Å². The van der Waals surface area contributed by atoms with E-state index in [0.717, 1.165) is 5.56 Å². The third-order valence-corrected chi connectivity index (χ3v) is 3.15. The second-order valence-corrected chi connectivity index (χ2v) is 5.15. The summed E-state index contributed by atoms with van der Waals surface area (Å²) < 4.78 is 1.84. The first kappa shape index (κ1) is 14.7. The molecule has 1 aromatic heterocycles. The summed E-state index contributed by atoms with van der Waals surface area (Å²) in [7, 11) is 0. The van der Waals surface area contributed by atoms with E-state index in [0.29, 0.717) is 23.5 Å². The summed E-state index contributed by atoms with van der Waals surface area (Å²) in [6.45, 7) is 3.99. The van der Waals surface area contributed by atoms with Crippen LogP contribution in [0.1, 0.15) is 35.9 Å². The fourth-order valence-corrected chi connectivity index (χ4v) is 2.10. The summed E-state index contributed by atoms with van der Waals surface area (Å²) in [5, 5.41) is 11.5. The summed E-state index contributed by atoms with van der Waals surface area (Å²) >= 11 is 0. The molecule has 5 heteroatoms. The minimum Gasteiger partial charge on any atom is -0.397 e. The quantitative estimate of drug-likeness (QED) is 0.904. The molecule has 0 aliphatic heterocycles. The number of benzene rings is 1. The molecule has 0 saturated carbocycles. The minimum absolute atomic E-state index is 0.154. The Hall–Kier alpha value is -2.74. The van der Waals surface area contributed by atoms with Crippen molar-refractivity contribution in [1.82, 2.24) is 4.57 Å². The number of aromatic nitrogens is 1. The summed E-state index contributed by atoms with van der Waals surface area (Å²) in [5.41, 5.74) is 8.48. The average molecular weight is 282 g/mol. The number of nitrogens with one attached hydrogen (secondary N) is 1. The molecular formula is C16H18N4O. The smallest absolute Gasteiger partial charge is 0.272 e. The number of amides is 1. The lowest BCUT2D eigenvalue weighted by atomic mass is 10.1. The van der Waals surface area contributed by atoms with Gasteiger partial charge in [0.05, 0.1) is 18.2 Å². The van der Waals surface area contributed by atoms with Crippen molar-refractivity contribution in [2.75, 3.05) is 11.1 Å². The second-order valence-electron chi connectivity index (χ2n) is 5.15. The van der Waals surface area contributed by atoms with E-state index in [-0.39, 0.29) is 11.9 Å². The van der Waals surface area contributed by atoms with E-state index in [4.69, 9.17) is 11.0 Å². The molecule has 0 aliphatic rings. The van der Waals surface area contributed by atoms with Gasteiger partial charge in [-0.1, -0.05) is 12.1 Å². The Labute approximate surface area is 124 Å². The van der Waals surface area contributed by atoms with Crippen LogP contribution in [0.25, 0.3) is 0 Å². The van der Waals surface area contributed by atoms with Crippen molar-refractivity contribution < 1.29 is 4.79 Å². The molecule has 1 heterocycles. The van der Waals surface area contributed by atoms with E-state index in [1.54, 1.807) is 24.4 Å². The van der Waals surface area contributed by atoms with E-state index in [1.807, 2.05) is 30.5 Å². The maximum atomic E-state index is 12.3. The van der Waals surface area contributed by atoms with Crippen molar-refractivity contribution in [2.45, 2.75) is 26.3 Å². The van der Waals surface area contributed by atoms with Gasteiger partial charge in [0.2, 0.25) is 0 Å². The first-order valence-corrected chi connectivity index (χ1v) is 6.76. The van der Waals surface area contributed by atoms with Crippen molar-refractivity contribution in [2.24, 2.45) is 0 Å². The summed E-state index contributed by atoms with van der Waals surface area (Å²) in [5.74, 6) is -0.201. The Morgan fingerprint density at radius 3 is 2.62 bits per heavy atom. The average Bonchev–Trinajstić information content (AvgIpc) is 2.84. The van der Waals surface area contributed by atoms with Crippen LogP contribution in [0.2, 0.25) is 0 Å². The molecule has 1 aromatic carbocycles. The molecule has 3 N–H and O–H groups in total. The molecule has 0 aliphatic carbocycles. The highest BCUT2D eigenvalue weighted by Crippen LogP contribution is 2.18. The summed E-state index contributed by atoms with van der Waals surface area (Å²) in [6, 6.07) is 11.1. The predicted molar refractivity (Wildman–Crippen MR) is 82.9 cm³/mol. The van der Waals surface area contributed by atoms with Crippen molar-refractivity contribution in [3.63, 3.8) is 0 Å². The Balaban J connectivity index is 2.16. The highest BCUT2D eigenvalue weighted by molar-refractivity contribution is 6.03. The van der Waals surface area contributed by atoms with Crippen LogP contribution in [0.15, 0.2) is 36.5 Å². The van der Waals surface area contributed by atoms with Gasteiger partial charge >= 0.3 is 0 Å². The second kappa shape index (κ2) is 6.14. The molecular weight excluding hydrogens is 264 g/mol. The Bertz CT molecular complexity index is 677. The fraction of sp³-hybridized carbons (Fsp3) is 0.250. The van der Waals surface area contributed by atoms with Crippen molar-refractivity contribution in [3.05, 3.63) is 47.8 Å². The number of nitriles is 1. The number of anilines is 2. The number of carbonyl (C=O) groups excluding carboxylic acids is 1. The van der Waals surface area contributed by atoms with Crippen LogP contribution >= 0.6 is 0 Å². The zero-order chi connectivity index (χ0) is 15.4. The summed E-state index contributed by atoms with van der Waals surface area (Å²) in [6.07, 6.45) is 2.12. The molecule has 2 rings (SSSR count). The van der Waals surface area contributed by atoms with E-state index in [1.165, 1.54) is 0 Å². The molecule has 108 valence electrons. The molecule has 0 radical (unpaired) electrons. The van der Waals surface area contributed by atoms with Crippen LogP contribution in [0, 0.1) is 11.3 Å². The van der Waals surface area contributed by atoms with E-state index < -0.39 is 0 Å². The largest absolute Gasteiger partial charge is 0.397 e. The first-order chi connectivity index (χ1) is 10.0. The lowest BCUT2D eigenvalue weighted by molar-refractivity contribution is 0.101. The number of hydrogen-bond acceptors (Lipinski definition) is 3. The number of nitrogen functional groups attached to an aromatic ring is 1. The molecule has 1 amide bonds. The molecule has 21 heavy (non-hydrogen) atoms. The van der Waals surface area contributed by atoms with Crippen LogP contribution in [0.5, 0.6) is 0 Å². The summed E-state index contributed by atoms with van der Waals surface area (Å²) in [4.78, 5) is 12.3. The lowest BCUT2D eigenvalue weighted by Crippen LogP contribution is -2.17. The van der Waals surface area contributed by atoms with Gasteiger partial charge in [-0.15, -0.1) is 0 Å². The third kappa shape index (κ3) is 3.42. The van der Waals surface area contributed by atoms with Crippen LogP contribution < -0.4 is 11.1 Å².